The molecule has 0 aromatic heterocycles. The van der Waals surface area contributed by atoms with Crippen molar-refractivity contribution < 1.29 is 13.9 Å². The van der Waals surface area contributed by atoms with Crippen LogP contribution in [0.3, 0.4) is 0 Å². The van der Waals surface area contributed by atoms with Gasteiger partial charge >= 0.3 is 7.94 Å². The first kappa shape index (κ1) is 15.6. The quantitative estimate of drug-likeness (QED) is 0.852. The van der Waals surface area contributed by atoms with Gasteiger partial charge in [0.15, 0.2) is 5.30 Å². The minimum atomic E-state index is -3.06. The molecule has 0 heterocycles. The van der Waals surface area contributed by atoms with Crippen LogP contribution < -0.4 is 5.30 Å². The zero-order chi connectivity index (χ0) is 14.0. The summed E-state index contributed by atoms with van der Waals surface area (Å²) in [7, 11) is -3.06. The Morgan fingerprint density at radius 1 is 0.833 bits per heavy atom. The van der Waals surface area contributed by atoms with E-state index in [0.29, 0.717) is 5.30 Å². The van der Waals surface area contributed by atoms with Gasteiger partial charge in [0, 0.05) is 0 Å². The van der Waals surface area contributed by atoms with Crippen LogP contribution in [0, 0.1) is 0 Å². The van der Waals surface area contributed by atoms with Crippen LogP contribution in [0.5, 0.6) is 0 Å². The molecule has 1 rings (SSSR count). The smallest absolute Gasteiger partial charge is 0.188 e. The molecule has 0 spiro atoms. The molecule has 3 nitrogen and oxygen atoms in total. The van der Waals surface area contributed by atoms with E-state index in [9.17, 15) is 4.89 Å². The highest BCUT2D eigenvalue weighted by molar-refractivity contribution is 7.68. The summed E-state index contributed by atoms with van der Waals surface area (Å²) in [5.74, 6) is 0. The van der Waals surface area contributed by atoms with E-state index in [-0.39, 0.29) is 0 Å². The van der Waals surface area contributed by atoms with Crippen LogP contribution in [0.2, 0.25) is 0 Å². The van der Waals surface area contributed by atoms with E-state index >= 15 is 0 Å². The highest BCUT2D eigenvalue weighted by atomic mass is 31.2. The van der Waals surface area contributed by atoms with E-state index in [1.165, 1.54) is 0 Å². The Morgan fingerprint density at radius 3 is 1.56 bits per heavy atom. The normalized spacial score (nSPS) is 13.7. The largest absolute Gasteiger partial charge is 0.447 e. The van der Waals surface area contributed by atoms with E-state index in [2.05, 4.69) is 0 Å². The highest BCUT2D eigenvalue weighted by Gasteiger charge is 2.51. The monoisotopic (exact) mass is 271 g/mol. The van der Waals surface area contributed by atoms with Crippen LogP contribution in [-0.2, 0) is 9.05 Å². The maximum atomic E-state index is 10.8. The molecule has 1 aromatic rings. The average Bonchev–Trinajstić information content (AvgIpc) is 2.13. The predicted octanol–water partition coefficient (Wildman–Crippen LogP) is 3.70. The molecular formula is C14H24O3P+. The van der Waals surface area contributed by atoms with Crippen LogP contribution in [0.4, 0.5) is 0 Å². The Kier molecular flexibility index (Phi) is 4.56. The highest BCUT2D eigenvalue weighted by Crippen LogP contribution is 2.60. The third-order valence-corrected chi connectivity index (χ3v) is 4.42. The maximum Gasteiger partial charge on any atom is 0.447 e. The molecule has 0 amide bonds. The van der Waals surface area contributed by atoms with Gasteiger partial charge in [0.25, 0.3) is 0 Å². The Morgan fingerprint density at radius 2 is 1.22 bits per heavy atom. The molecule has 0 bridgehead atoms. The van der Waals surface area contributed by atoms with Crippen molar-refractivity contribution in [2.75, 3.05) is 0 Å². The van der Waals surface area contributed by atoms with Gasteiger partial charge in [-0.05, 0) is 53.7 Å². The van der Waals surface area contributed by atoms with Crippen LogP contribution in [-0.4, -0.2) is 16.1 Å². The lowest BCUT2D eigenvalue weighted by atomic mass is 10.2. The molecule has 0 aliphatic rings. The number of hydrogen-bond acceptors (Lipinski definition) is 3. The van der Waals surface area contributed by atoms with E-state index in [4.69, 9.17) is 9.05 Å². The Labute approximate surface area is 111 Å². The fraction of sp³-hybridized carbons (Fsp3) is 0.571. The van der Waals surface area contributed by atoms with E-state index in [1.54, 1.807) is 0 Å². The SMILES string of the molecule is CC(C)(C)O[P+](O)(OC(C)(C)C)c1ccccc1. The maximum absolute atomic E-state index is 10.8. The van der Waals surface area contributed by atoms with Gasteiger partial charge in [-0.15, -0.1) is 0 Å². The van der Waals surface area contributed by atoms with E-state index in [0.717, 1.165) is 0 Å². The zero-order valence-electron chi connectivity index (χ0n) is 12.1. The first-order valence-corrected chi connectivity index (χ1v) is 7.69. The van der Waals surface area contributed by atoms with E-state index in [1.807, 2.05) is 71.9 Å². The van der Waals surface area contributed by atoms with Gasteiger partial charge in [0.1, 0.15) is 11.2 Å². The van der Waals surface area contributed by atoms with Crippen molar-refractivity contribution in [1.82, 2.24) is 0 Å². The Hall–Kier alpha value is -0.470. The molecule has 102 valence electrons. The number of hydrogen-bond donors (Lipinski definition) is 1. The number of benzene rings is 1. The molecule has 1 aromatic carbocycles. The Bertz CT molecular complexity index is 360. The third kappa shape index (κ3) is 5.03. The topological polar surface area (TPSA) is 38.7 Å². The number of rotatable bonds is 3. The van der Waals surface area contributed by atoms with E-state index < -0.39 is 19.1 Å². The summed E-state index contributed by atoms with van der Waals surface area (Å²) in [4.78, 5) is 10.8. The summed E-state index contributed by atoms with van der Waals surface area (Å²) in [5.41, 5.74) is -0.937. The van der Waals surface area contributed by atoms with Crippen LogP contribution in [0.1, 0.15) is 41.5 Å². The van der Waals surface area contributed by atoms with Crippen LogP contribution >= 0.6 is 7.94 Å². The van der Waals surface area contributed by atoms with Crippen molar-refractivity contribution in [3.05, 3.63) is 30.3 Å². The molecule has 18 heavy (non-hydrogen) atoms. The van der Waals surface area contributed by atoms with Gasteiger partial charge in [-0.25, -0.2) is 0 Å². The van der Waals surface area contributed by atoms with Crippen molar-refractivity contribution in [3.63, 3.8) is 0 Å². The minimum absolute atomic E-state index is 0.469. The zero-order valence-corrected chi connectivity index (χ0v) is 13.0. The second kappa shape index (κ2) is 5.26. The Balaban J connectivity index is 3.09. The van der Waals surface area contributed by atoms with Crippen molar-refractivity contribution >= 4 is 13.2 Å². The van der Waals surface area contributed by atoms with Gasteiger partial charge in [0.05, 0.1) is 0 Å². The molecule has 0 saturated heterocycles. The van der Waals surface area contributed by atoms with Crippen molar-refractivity contribution in [1.29, 1.82) is 0 Å². The summed E-state index contributed by atoms with van der Waals surface area (Å²) in [5, 5.41) is 0.704. The molecule has 0 saturated carbocycles. The lowest BCUT2D eigenvalue weighted by Crippen LogP contribution is -2.31. The van der Waals surface area contributed by atoms with Crippen molar-refractivity contribution in [2.45, 2.75) is 52.7 Å². The first-order valence-electron chi connectivity index (χ1n) is 6.11. The van der Waals surface area contributed by atoms with Gasteiger partial charge < -0.3 is 0 Å². The third-order valence-electron chi connectivity index (χ3n) is 1.88. The molecule has 0 radical (unpaired) electrons. The molecular weight excluding hydrogens is 247 g/mol. The fourth-order valence-electron chi connectivity index (χ4n) is 1.48. The fourth-order valence-corrected chi connectivity index (χ4v) is 3.76. The molecule has 1 N–H and O–H groups in total. The molecule has 0 unspecified atom stereocenters. The molecule has 0 aliphatic carbocycles. The lowest BCUT2D eigenvalue weighted by molar-refractivity contribution is 0.0373. The van der Waals surface area contributed by atoms with Crippen LogP contribution in [0.15, 0.2) is 30.3 Å². The standard InChI is InChI=1S/C14H24O3P/c1-13(2,3)16-18(15,17-14(4,5)6)12-10-8-7-9-11-12/h7-11,15H,1-6H3/q+1. The minimum Gasteiger partial charge on any atom is -0.188 e. The lowest BCUT2D eigenvalue weighted by Gasteiger charge is -2.29. The summed E-state index contributed by atoms with van der Waals surface area (Å²) < 4.78 is 11.7. The van der Waals surface area contributed by atoms with Gasteiger partial charge in [-0.3, -0.25) is 0 Å². The molecule has 0 aliphatic heterocycles. The summed E-state index contributed by atoms with van der Waals surface area (Å²) in [6, 6.07) is 9.33. The predicted molar refractivity (Wildman–Crippen MR) is 76.9 cm³/mol. The van der Waals surface area contributed by atoms with Gasteiger partial charge in [-0.1, -0.05) is 18.2 Å². The first-order chi connectivity index (χ1) is 8.02. The summed E-state index contributed by atoms with van der Waals surface area (Å²) >= 11 is 0. The second-order valence-corrected chi connectivity index (χ2v) is 8.19. The second-order valence-electron chi connectivity index (χ2n) is 6.26. The summed E-state index contributed by atoms with van der Waals surface area (Å²) in [6.45, 7) is 11.5. The molecule has 0 atom stereocenters. The van der Waals surface area contributed by atoms with Crippen LogP contribution in [0.25, 0.3) is 0 Å². The van der Waals surface area contributed by atoms with Gasteiger partial charge in [0.2, 0.25) is 0 Å². The van der Waals surface area contributed by atoms with Crippen molar-refractivity contribution in [2.24, 2.45) is 0 Å². The average molecular weight is 271 g/mol. The molecule has 4 heteroatoms. The summed E-state index contributed by atoms with van der Waals surface area (Å²) in [6.07, 6.45) is 0. The van der Waals surface area contributed by atoms with Gasteiger partial charge in [-0.2, -0.15) is 13.9 Å². The molecule has 0 fully saturated rings. The van der Waals surface area contributed by atoms with Crippen molar-refractivity contribution in [3.8, 4) is 0 Å².